The topological polar surface area (TPSA) is 81.9 Å². The van der Waals surface area contributed by atoms with E-state index in [4.69, 9.17) is 10.6 Å². The Morgan fingerprint density at radius 1 is 1.71 bits per heavy atom. The molecule has 0 saturated carbocycles. The number of aliphatic hydroxyl groups is 1. The first-order valence-corrected chi connectivity index (χ1v) is 4.97. The molecule has 0 aromatic carbocycles. The lowest BCUT2D eigenvalue weighted by Gasteiger charge is -1.84. The molecular weight excluding hydrogens is 200 g/mol. The molecule has 5 nitrogen and oxygen atoms in total. The van der Waals surface area contributed by atoms with Gasteiger partial charge in [-0.3, -0.25) is 0 Å². The van der Waals surface area contributed by atoms with E-state index in [1.165, 1.54) is 11.3 Å². The number of aromatic nitrogens is 1. The number of aliphatic hydroxyl groups excluding tert-OH is 1. The van der Waals surface area contributed by atoms with Gasteiger partial charge in [0.25, 0.3) is 0 Å². The Hall–Kier alpha value is -1.36. The van der Waals surface area contributed by atoms with Crippen molar-refractivity contribution in [2.24, 2.45) is 5.11 Å². The highest BCUT2D eigenvalue weighted by molar-refractivity contribution is 7.10. The second-order valence-corrected chi connectivity index (χ2v) is 3.37. The van der Waals surface area contributed by atoms with E-state index in [-0.39, 0.29) is 6.61 Å². The van der Waals surface area contributed by atoms with Gasteiger partial charge in [0.1, 0.15) is 5.01 Å². The number of azide groups is 1. The zero-order valence-corrected chi connectivity index (χ0v) is 8.31. The average molecular weight is 210 g/mol. The molecule has 14 heavy (non-hydrogen) atoms. The average Bonchev–Trinajstić information content (AvgIpc) is 2.65. The van der Waals surface area contributed by atoms with Gasteiger partial charge in [0, 0.05) is 16.8 Å². The van der Waals surface area contributed by atoms with Gasteiger partial charge in [0.15, 0.2) is 0 Å². The molecule has 0 aliphatic carbocycles. The van der Waals surface area contributed by atoms with Gasteiger partial charge in [-0.15, -0.1) is 11.3 Å². The van der Waals surface area contributed by atoms with Crippen molar-refractivity contribution in [3.05, 3.63) is 32.6 Å². The molecule has 0 aliphatic heterocycles. The molecule has 1 heterocycles. The molecule has 6 heteroatoms. The second kappa shape index (κ2) is 6.15. The fourth-order valence-corrected chi connectivity index (χ4v) is 1.56. The summed E-state index contributed by atoms with van der Waals surface area (Å²) in [6.07, 6.45) is 4.46. The minimum absolute atomic E-state index is 0.0247. The highest BCUT2D eigenvalue weighted by atomic mass is 32.1. The van der Waals surface area contributed by atoms with Crippen molar-refractivity contribution in [3.8, 4) is 0 Å². The Balaban J connectivity index is 2.39. The number of nitrogens with zero attached hydrogens (tertiary/aromatic N) is 4. The van der Waals surface area contributed by atoms with Crippen LogP contribution in [0.1, 0.15) is 17.1 Å². The first-order valence-electron chi connectivity index (χ1n) is 4.09. The third-order valence-corrected chi connectivity index (χ3v) is 2.31. The molecule has 1 aromatic rings. The molecule has 0 amide bonds. The highest BCUT2D eigenvalue weighted by Gasteiger charge is 1.95. The molecule has 0 aliphatic rings. The van der Waals surface area contributed by atoms with Gasteiger partial charge in [-0.05, 0) is 18.0 Å². The summed E-state index contributed by atoms with van der Waals surface area (Å²) in [5.41, 5.74) is 8.70. The largest absolute Gasteiger partial charge is 0.390 e. The molecule has 0 spiro atoms. The van der Waals surface area contributed by atoms with Crippen molar-refractivity contribution in [2.75, 3.05) is 6.54 Å². The summed E-state index contributed by atoms with van der Waals surface area (Å²) >= 11 is 1.48. The molecular formula is C8H10N4OS. The van der Waals surface area contributed by atoms with Crippen LogP contribution in [0.25, 0.3) is 16.5 Å². The molecule has 0 radical (unpaired) electrons. The molecule has 0 saturated heterocycles. The third-order valence-electron chi connectivity index (χ3n) is 1.45. The van der Waals surface area contributed by atoms with Gasteiger partial charge in [-0.25, -0.2) is 4.98 Å². The van der Waals surface area contributed by atoms with Gasteiger partial charge in [0.2, 0.25) is 0 Å². The third kappa shape index (κ3) is 3.57. The first-order chi connectivity index (χ1) is 6.86. The Kier molecular flexibility index (Phi) is 4.71. The highest BCUT2D eigenvalue weighted by Crippen LogP contribution is 2.11. The lowest BCUT2D eigenvalue weighted by molar-refractivity contribution is 0.277. The number of hydrogen-bond donors (Lipinski definition) is 1. The zero-order valence-electron chi connectivity index (χ0n) is 7.50. The standard InChI is InChI=1S/C8H10N4OS/c9-12-10-4-2-1-3-8-11-7(5-13)6-14-8/h1,3,6,13H,2,4-5H2. The predicted molar refractivity (Wildman–Crippen MR) is 55.7 cm³/mol. The Bertz CT molecular complexity index is 354. The van der Waals surface area contributed by atoms with Gasteiger partial charge < -0.3 is 5.11 Å². The minimum atomic E-state index is -0.0247. The van der Waals surface area contributed by atoms with Crippen LogP contribution >= 0.6 is 11.3 Å². The van der Waals surface area contributed by atoms with Gasteiger partial charge in [-0.1, -0.05) is 11.2 Å². The van der Waals surface area contributed by atoms with Crippen LogP contribution in [0.2, 0.25) is 0 Å². The van der Waals surface area contributed by atoms with E-state index < -0.39 is 0 Å². The number of thiazole rings is 1. The lowest BCUT2D eigenvalue weighted by atomic mass is 10.4. The Morgan fingerprint density at radius 2 is 2.57 bits per heavy atom. The van der Waals surface area contributed by atoms with E-state index in [2.05, 4.69) is 15.0 Å². The molecule has 1 N–H and O–H groups in total. The van der Waals surface area contributed by atoms with Crippen molar-refractivity contribution in [1.29, 1.82) is 0 Å². The van der Waals surface area contributed by atoms with E-state index in [1.54, 1.807) is 0 Å². The summed E-state index contributed by atoms with van der Waals surface area (Å²) in [6, 6.07) is 0. The van der Waals surface area contributed by atoms with Crippen LogP contribution < -0.4 is 0 Å². The molecule has 0 fully saturated rings. The van der Waals surface area contributed by atoms with Crippen LogP contribution in [-0.2, 0) is 6.61 Å². The summed E-state index contributed by atoms with van der Waals surface area (Å²) in [6.45, 7) is 0.439. The maximum atomic E-state index is 8.76. The van der Waals surface area contributed by atoms with Crippen LogP contribution in [0, 0.1) is 0 Å². The normalized spacial score (nSPS) is 10.4. The van der Waals surface area contributed by atoms with E-state index in [0.29, 0.717) is 18.7 Å². The fraction of sp³-hybridized carbons (Fsp3) is 0.375. The molecule has 0 bridgehead atoms. The van der Waals surface area contributed by atoms with Crippen LogP contribution in [-0.4, -0.2) is 16.6 Å². The van der Waals surface area contributed by atoms with Crippen molar-refractivity contribution in [3.63, 3.8) is 0 Å². The van der Waals surface area contributed by atoms with Crippen molar-refractivity contribution < 1.29 is 5.11 Å². The van der Waals surface area contributed by atoms with Crippen LogP contribution in [0.5, 0.6) is 0 Å². The zero-order chi connectivity index (χ0) is 10.2. The molecule has 1 aromatic heterocycles. The SMILES string of the molecule is [N-]=[N+]=NCCC=Cc1nc(CO)cs1. The second-order valence-electron chi connectivity index (χ2n) is 2.48. The van der Waals surface area contributed by atoms with Crippen LogP contribution in [0.4, 0.5) is 0 Å². The van der Waals surface area contributed by atoms with E-state index in [1.807, 2.05) is 17.5 Å². The van der Waals surface area contributed by atoms with Crippen LogP contribution in [0.3, 0.4) is 0 Å². The maximum absolute atomic E-state index is 8.76. The summed E-state index contributed by atoms with van der Waals surface area (Å²) in [5, 5.41) is 14.8. The Labute approximate surface area is 85.4 Å². The maximum Gasteiger partial charge on any atom is 0.116 e. The number of hydrogen-bond acceptors (Lipinski definition) is 4. The molecule has 0 unspecified atom stereocenters. The summed E-state index contributed by atoms with van der Waals surface area (Å²) in [4.78, 5) is 6.77. The van der Waals surface area contributed by atoms with Gasteiger partial charge in [-0.2, -0.15) is 0 Å². The number of rotatable bonds is 5. The van der Waals surface area contributed by atoms with Crippen molar-refractivity contribution >= 4 is 17.4 Å². The van der Waals surface area contributed by atoms with Crippen molar-refractivity contribution in [2.45, 2.75) is 13.0 Å². The monoisotopic (exact) mass is 210 g/mol. The van der Waals surface area contributed by atoms with E-state index >= 15 is 0 Å². The van der Waals surface area contributed by atoms with E-state index in [0.717, 1.165) is 5.01 Å². The van der Waals surface area contributed by atoms with Gasteiger partial charge >= 0.3 is 0 Å². The molecule has 0 atom stereocenters. The molecule has 74 valence electrons. The van der Waals surface area contributed by atoms with Crippen LogP contribution in [0.15, 0.2) is 16.6 Å². The van der Waals surface area contributed by atoms with E-state index in [9.17, 15) is 0 Å². The Morgan fingerprint density at radius 3 is 3.21 bits per heavy atom. The molecule has 1 rings (SSSR count). The van der Waals surface area contributed by atoms with Crippen molar-refractivity contribution in [1.82, 2.24) is 4.98 Å². The van der Waals surface area contributed by atoms with Gasteiger partial charge in [0.05, 0.1) is 12.3 Å². The quantitative estimate of drug-likeness (QED) is 0.350. The summed E-state index contributed by atoms with van der Waals surface area (Å²) in [5.74, 6) is 0. The fourth-order valence-electron chi connectivity index (χ4n) is 0.833. The minimum Gasteiger partial charge on any atom is -0.390 e. The smallest absolute Gasteiger partial charge is 0.116 e. The first kappa shape index (κ1) is 10.7. The summed E-state index contributed by atoms with van der Waals surface area (Å²) < 4.78 is 0. The lowest BCUT2D eigenvalue weighted by Crippen LogP contribution is -1.81. The predicted octanol–water partition coefficient (Wildman–Crippen LogP) is 2.35. The summed E-state index contributed by atoms with van der Waals surface area (Å²) in [7, 11) is 0.